The number of anilines is 4. The van der Waals surface area contributed by atoms with Crippen LogP contribution in [-0.2, 0) is 0 Å². The van der Waals surface area contributed by atoms with E-state index in [2.05, 4.69) is 113 Å². The summed E-state index contributed by atoms with van der Waals surface area (Å²) in [6.07, 6.45) is 20.3. The van der Waals surface area contributed by atoms with Crippen LogP contribution in [0.3, 0.4) is 0 Å². The third-order valence-corrected chi connectivity index (χ3v) is 8.67. The van der Waals surface area contributed by atoms with Crippen molar-refractivity contribution < 1.29 is 0 Å². The number of nitriles is 1. The maximum atomic E-state index is 10.5. The highest BCUT2D eigenvalue weighted by Crippen LogP contribution is 2.40. The Bertz CT molecular complexity index is 1870. The number of pyridine rings is 2. The summed E-state index contributed by atoms with van der Waals surface area (Å²) in [7, 11) is 8.18. The van der Waals surface area contributed by atoms with E-state index in [4.69, 9.17) is 9.97 Å². The van der Waals surface area contributed by atoms with Crippen LogP contribution < -0.4 is 19.6 Å². The molecule has 4 aromatic rings. The Kier molecular flexibility index (Phi) is 6.02. The van der Waals surface area contributed by atoms with Gasteiger partial charge in [0, 0.05) is 113 Å². The van der Waals surface area contributed by atoms with Crippen molar-refractivity contribution in [2.24, 2.45) is 0 Å². The van der Waals surface area contributed by atoms with Crippen molar-refractivity contribution in [1.29, 1.82) is 5.26 Å². The topological polar surface area (TPSA) is 80.4 Å². The summed E-state index contributed by atoms with van der Waals surface area (Å²) in [5.74, 6) is 1.73. The van der Waals surface area contributed by atoms with Gasteiger partial charge < -0.3 is 43.8 Å². The fourth-order valence-corrected chi connectivity index (χ4v) is 6.40. The lowest BCUT2D eigenvalue weighted by atomic mass is 10.1. The van der Waals surface area contributed by atoms with E-state index in [1.54, 1.807) is 0 Å². The average molecular weight is 599 g/mol. The SMILES string of the molecule is CN1C=CN(c2cc3c(cn2)c2cnc(N4C=CN(C)C4)cc2n3-c2cc(N3C=CN(C)C3)c(C#N)c(N3C=CN(C)C3)c2)C1. The Balaban J connectivity index is 1.40. The second-order valence-electron chi connectivity index (χ2n) is 12.1. The molecule has 0 spiro atoms. The van der Waals surface area contributed by atoms with Crippen LogP contribution in [0.25, 0.3) is 27.5 Å². The van der Waals surface area contributed by atoms with Gasteiger partial charge in [-0.3, -0.25) is 0 Å². The predicted molar refractivity (Wildman–Crippen MR) is 178 cm³/mol. The number of benzene rings is 1. The Labute approximate surface area is 262 Å². The molecule has 0 N–H and O–H groups in total. The normalized spacial score (nSPS) is 17.6. The summed E-state index contributed by atoms with van der Waals surface area (Å²) in [6, 6.07) is 11.1. The lowest BCUT2D eigenvalue weighted by Gasteiger charge is -2.26. The van der Waals surface area contributed by atoms with Gasteiger partial charge >= 0.3 is 0 Å². The average Bonchev–Trinajstić information content (AvgIpc) is 3.88. The van der Waals surface area contributed by atoms with Gasteiger partial charge in [-0.2, -0.15) is 5.26 Å². The number of aromatic nitrogens is 3. The minimum Gasteiger partial charge on any atom is -0.361 e. The minimum absolute atomic E-state index is 0.639. The second-order valence-corrected chi connectivity index (χ2v) is 12.1. The molecular weight excluding hydrogens is 564 g/mol. The van der Waals surface area contributed by atoms with E-state index in [9.17, 15) is 5.26 Å². The minimum atomic E-state index is 0.639. The van der Waals surface area contributed by atoms with Crippen molar-refractivity contribution in [3.8, 4) is 11.8 Å². The van der Waals surface area contributed by atoms with Crippen LogP contribution in [-0.4, -0.2) is 89.0 Å². The molecule has 12 heteroatoms. The largest absolute Gasteiger partial charge is 0.361 e. The lowest BCUT2D eigenvalue weighted by molar-refractivity contribution is 0.494. The summed E-state index contributed by atoms with van der Waals surface area (Å²) in [6.45, 7) is 2.78. The molecule has 0 atom stereocenters. The van der Waals surface area contributed by atoms with Gasteiger partial charge in [-0.25, -0.2) is 9.97 Å². The summed E-state index contributed by atoms with van der Waals surface area (Å²) in [5, 5.41) is 12.6. The van der Waals surface area contributed by atoms with Crippen LogP contribution >= 0.6 is 0 Å². The number of fused-ring (bicyclic) bond motifs is 3. The third kappa shape index (κ3) is 4.43. The highest BCUT2D eigenvalue weighted by molar-refractivity contribution is 6.10. The summed E-state index contributed by atoms with van der Waals surface area (Å²) >= 11 is 0. The Morgan fingerprint density at radius 2 is 0.956 bits per heavy atom. The molecule has 4 aliphatic heterocycles. The van der Waals surface area contributed by atoms with E-state index < -0.39 is 0 Å². The van der Waals surface area contributed by atoms with Crippen LogP contribution in [0.5, 0.6) is 0 Å². The van der Waals surface area contributed by atoms with Crippen LogP contribution in [0.2, 0.25) is 0 Å². The fraction of sp³-hybridized carbons (Fsp3) is 0.242. The maximum Gasteiger partial charge on any atom is 0.136 e. The number of hydrogen-bond acceptors (Lipinski definition) is 11. The van der Waals surface area contributed by atoms with E-state index in [1.165, 1.54) is 0 Å². The van der Waals surface area contributed by atoms with Gasteiger partial charge in [0.2, 0.25) is 0 Å². The molecule has 45 heavy (non-hydrogen) atoms. The molecule has 0 unspecified atom stereocenters. The molecule has 1 aromatic carbocycles. The number of nitrogens with zero attached hydrogens (tertiary/aromatic N) is 12. The first-order valence-corrected chi connectivity index (χ1v) is 14.9. The van der Waals surface area contributed by atoms with Crippen LogP contribution in [0.1, 0.15) is 5.56 Å². The highest BCUT2D eigenvalue weighted by Gasteiger charge is 2.26. The zero-order valence-electron chi connectivity index (χ0n) is 25.8. The molecule has 0 amide bonds. The van der Waals surface area contributed by atoms with E-state index in [0.29, 0.717) is 18.9 Å². The Hall–Kier alpha value is -5.83. The quantitative estimate of drug-likeness (QED) is 0.332. The molecule has 0 radical (unpaired) electrons. The van der Waals surface area contributed by atoms with Gasteiger partial charge in [-0.15, -0.1) is 0 Å². The first-order chi connectivity index (χ1) is 21.9. The molecule has 3 aromatic heterocycles. The zero-order chi connectivity index (χ0) is 30.8. The Morgan fingerprint density at radius 3 is 1.31 bits per heavy atom. The van der Waals surface area contributed by atoms with Crippen molar-refractivity contribution >= 4 is 44.8 Å². The molecule has 0 bridgehead atoms. The summed E-state index contributed by atoms with van der Waals surface area (Å²) < 4.78 is 2.30. The smallest absolute Gasteiger partial charge is 0.136 e. The van der Waals surface area contributed by atoms with Gasteiger partial charge in [-0.1, -0.05) is 0 Å². The molecule has 226 valence electrons. The predicted octanol–water partition coefficient (Wildman–Crippen LogP) is 4.17. The number of rotatable bonds is 5. The van der Waals surface area contributed by atoms with E-state index in [0.717, 1.165) is 63.8 Å². The summed E-state index contributed by atoms with van der Waals surface area (Å²) in [4.78, 5) is 26.8. The first-order valence-electron chi connectivity index (χ1n) is 14.9. The van der Waals surface area contributed by atoms with Crippen molar-refractivity contribution in [3.05, 3.63) is 91.8 Å². The van der Waals surface area contributed by atoms with E-state index in [1.807, 2.05) is 51.3 Å². The summed E-state index contributed by atoms with van der Waals surface area (Å²) in [5.41, 5.74) is 5.37. The molecule has 0 saturated carbocycles. The maximum absolute atomic E-state index is 10.5. The van der Waals surface area contributed by atoms with Gasteiger partial charge in [0.15, 0.2) is 0 Å². The fourth-order valence-electron chi connectivity index (χ4n) is 6.40. The molecule has 0 fully saturated rings. The molecule has 0 saturated heterocycles. The standard InChI is InChI=1S/C33H34N12/c1-37-5-9-41(20-37)28-13-24(14-29(25(28)17-34)42-10-6-38(2)21-42)45-30-15-32(43-11-7-39(3)22-43)35-18-26(30)27-19-36-33(16-31(27)45)44-12-8-40(4)23-44/h5-16,18-19H,20-23H2,1-4H3. The number of hydrogen-bond donors (Lipinski definition) is 0. The van der Waals surface area contributed by atoms with Crippen molar-refractivity contribution in [2.45, 2.75) is 0 Å². The van der Waals surface area contributed by atoms with Gasteiger partial charge in [-0.05, 0) is 12.1 Å². The molecule has 4 aliphatic rings. The third-order valence-electron chi connectivity index (χ3n) is 8.67. The van der Waals surface area contributed by atoms with E-state index in [-0.39, 0.29) is 0 Å². The first kappa shape index (κ1) is 26.8. The van der Waals surface area contributed by atoms with Gasteiger partial charge in [0.1, 0.15) is 17.7 Å². The Morgan fingerprint density at radius 1 is 0.556 bits per heavy atom. The molecular formula is C33H34N12. The monoisotopic (exact) mass is 598 g/mol. The van der Waals surface area contributed by atoms with Gasteiger partial charge in [0.05, 0.1) is 60.3 Å². The highest BCUT2D eigenvalue weighted by atomic mass is 15.4. The van der Waals surface area contributed by atoms with E-state index >= 15 is 0 Å². The van der Waals surface area contributed by atoms with Crippen molar-refractivity contribution in [3.63, 3.8) is 0 Å². The lowest BCUT2D eigenvalue weighted by Crippen LogP contribution is -2.25. The molecule has 0 aliphatic carbocycles. The molecule has 8 rings (SSSR count). The molecule has 7 heterocycles. The van der Waals surface area contributed by atoms with Gasteiger partial charge in [0.25, 0.3) is 0 Å². The molecule has 12 nitrogen and oxygen atoms in total. The van der Waals surface area contributed by atoms with Crippen LogP contribution in [0.4, 0.5) is 23.0 Å². The van der Waals surface area contributed by atoms with Crippen molar-refractivity contribution in [2.75, 3.05) is 74.5 Å². The zero-order valence-corrected chi connectivity index (χ0v) is 25.8. The van der Waals surface area contributed by atoms with Crippen LogP contribution in [0, 0.1) is 11.3 Å². The second kappa shape index (κ2) is 10.1. The van der Waals surface area contributed by atoms with Crippen LogP contribution in [0.15, 0.2) is 86.3 Å². The van der Waals surface area contributed by atoms with Crippen molar-refractivity contribution in [1.82, 2.24) is 34.1 Å².